The molecule has 0 amide bonds. The molecule has 0 heterocycles. The third-order valence-electron chi connectivity index (χ3n) is 27.1. The van der Waals surface area contributed by atoms with Gasteiger partial charge in [0.2, 0.25) is 0 Å². The molecular formula is C110H116O20. The van der Waals surface area contributed by atoms with Gasteiger partial charge in [0.15, 0.2) is 26.4 Å². The number of aromatic hydroxyl groups is 8. The summed E-state index contributed by atoms with van der Waals surface area (Å²) in [5.74, 6) is -6.98. The zero-order chi connectivity index (χ0) is 94.8. The van der Waals surface area contributed by atoms with Gasteiger partial charge < -0.3 is 80.2 Å². The minimum Gasteiger partial charge on any atom is -0.508 e. The molecule has 1 saturated carbocycles. The van der Waals surface area contributed by atoms with Crippen molar-refractivity contribution in [2.45, 2.75) is 199 Å². The van der Waals surface area contributed by atoms with Gasteiger partial charge in [-0.25, -0.2) is 19.2 Å². The van der Waals surface area contributed by atoms with Crippen molar-refractivity contribution in [2.75, 3.05) is 26.4 Å². The van der Waals surface area contributed by atoms with Crippen LogP contribution in [0.25, 0.3) is 0 Å². The number of benzene rings is 12. The molecule has 12 aromatic rings. The van der Waals surface area contributed by atoms with Gasteiger partial charge in [0.1, 0.15) is 69.0 Å². The van der Waals surface area contributed by atoms with Crippen molar-refractivity contribution in [1.29, 1.82) is 0 Å². The Morgan fingerprint density at radius 2 is 0.346 bits per heavy atom. The average Bonchev–Trinajstić information content (AvgIpc) is 0.712. The van der Waals surface area contributed by atoms with Crippen LogP contribution in [0.2, 0.25) is 0 Å². The topological polar surface area (TPSA) is 348 Å². The van der Waals surface area contributed by atoms with Gasteiger partial charge in [0.25, 0.3) is 0 Å². The fourth-order valence-corrected chi connectivity index (χ4v) is 20.2. The van der Waals surface area contributed by atoms with Gasteiger partial charge in [-0.05, 0) is 391 Å². The average molecular weight is 1760 g/mol. The number of carbonyl (C=O) groups is 4. The molecule has 20 heteroatoms. The summed E-state index contributed by atoms with van der Waals surface area (Å²) < 4.78 is 26.8. The van der Waals surface area contributed by atoms with E-state index in [4.69, 9.17) is 18.9 Å². The molecule has 20 nitrogen and oxygen atoms in total. The van der Waals surface area contributed by atoms with E-state index in [0.717, 1.165) is 44.5 Å². The summed E-state index contributed by atoms with van der Waals surface area (Å²) in [5.41, 5.74) is 20.1. The van der Waals surface area contributed by atoms with Crippen molar-refractivity contribution in [3.8, 4) is 69.0 Å². The fourth-order valence-electron chi connectivity index (χ4n) is 20.2. The number of carboxylic acid groups (broad SMARTS) is 4. The highest BCUT2D eigenvalue weighted by atomic mass is 16.5. The molecule has 0 spiro atoms. The molecule has 13 rings (SSSR count). The van der Waals surface area contributed by atoms with Crippen LogP contribution in [0.3, 0.4) is 0 Å². The Labute approximate surface area is 759 Å². The minimum atomic E-state index is -1.27. The van der Waals surface area contributed by atoms with E-state index in [9.17, 15) is 80.5 Å². The van der Waals surface area contributed by atoms with Crippen LogP contribution >= 0.6 is 0 Å². The molecule has 130 heavy (non-hydrogen) atoms. The van der Waals surface area contributed by atoms with Crippen LogP contribution in [0.15, 0.2) is 146 Å². The number of aliphatic carboxylic acids is 4. The van der Waals surface area contributed by atoms with Gasteiger partial charge in [-0.2, -0.15) is 0 Å². The number of rotatable bonds is 28. The van der Waals surface area contributed by atoms with Gasteiger partial charge in [0.05, 0.1) is 0 Å². The van der Waals surface area contributed by atoms with Crippen LogP contribution in [0.4, 0.5) is 0 Å². The summed E-state index contributed by atoms with van der Waals surface area (Å²) in [4.78, 5) is 52.8. The first kappa shape index (κ1) is 93.8. The number of aryl methyl sites for hydroxylation is 20. The van der Waals surface area contributed by atoms with Gasteiger partial charge >= 0.3 is 23.9 Å². The molecule has 12 aromatic carbocycles. The van der Waals surface area contributed by atoms with E-state index in [-0.39, 0.29) is 94.7 Å². The lowest BCUT2D eigenvalue weighted by atomic mass is 9.54. The van der Waals surface area contributed by atoms with Gasteiger partial charge in [-0.15, -0.1) is 0 Å². The molecule has 0 radical (unpaired) electrons. The first-order valence-electron chi connectivity index (χ1n) is 43.6. The fraction of sp³-hybridized carbons (Fsp3) is 0.309. The number of hydrogen-bond donors (Lipinski definition) is 12. The molecule has 1 aliphatic carbocycles. The summed E-state index contributed by atoms with van der Waals surface area (Å²) in [6.07, 6.45) is 0.767. The van der Waals surface area contributed by atoms with Crippen LogP contribution in [-0.2, 0) is 30.0 Å². The van der Waals surface area contributed by atoms with Crippen LogP contribution in [0.5, 0.6) is 69.0 Å². The van der Waals surface area contributed by atoms with Crippen molar-refractivity contribution in [3.63, 3.8) is 0 Å². The molecule has 0 saturated heterocycles. The molecule has 0 unspecified atom stereocenters. The summed E-state index contributed by atoms with van der Waals surface area (Å²) in [6.45, 7) is 34.0. The van der Waals surface area contributed by atoms with Crippen molar-refractivity contribution in [1.82, 2.24) is 0 Å². The van der Waals surface area contributed by atoms with Gasteiger partial charge in [-0.1, -0.05) is 97.1 Å². The highest BCUT2D eigenvalue weighted by Gasteiger charge is 2.50. The molecule has 0 aliphatic heterocycles. The smallest absolute Gasteiger partial charge is 0.341 e. The quantitative estimate of drug-likeness (QED) is 0.0203. The maximum atomic E-state index is 13.2. The van der Waals surface area contributed by atoms with E-state index in [1.165, 1.54) is 0 Å². The Hall–Kier alpha value is -13.9. The lowest BCUT2D eigenvalue weighted by molar-refractivity contribution is -0.140. The van der Waals surface area contributed by atoms with E-state index in [0.29, 0.717) is 156 Å². The normalized spacial score (nSPS) is 13.0. The molecule has 12 N–H and O–H groups in total. The molecule has 1 aliphatic rings. The van der Waals surface area contributed by atoms with Crippen LogP contribution in [0.1, 0.15) is 250 Å². The maximum Gasteiger partial charge on any atom is 0.341 e. The summed E-state index contributed by atoms with van der Waals surface area (Å²) in [6, 6.07) is 45.4. The highest BCUT2D eigenvalue weighted by Crippen LogP contribution is 2.61. The highest BCUT2D eigenvalue weighted by molar-refractivity contribution is 5.74. The van der Waals surface area contributed by atoms with Gasteiger partial charge in [-0.3, -0.25) is 0 Å². The number of phenols is 8. The zero-order valence-electron chi connectivity index (χ0n) is 77.5. The first-order valence-corrected chi connectivity index (χ1v) is 43.6. The Morgan fingerprint density at radius 1 is 0.208 bits per heavy atom. The molecular weight excluding hydrogens is 1640 g/mol. The predicted molar refractivity (Wildman–Crippen MR) is 502 cm³/mol. The molecule has 676 valence electrons. The van der Waals surface area contributed by atoms with E-state index >= 15 is 0 Å². The second kappa shape index (κ2) is 36.7. The summed E-state index contributed by atoms with van der Waals surface area (Å²) in [7, 11) is 0. The Balaban J connectivity index is 1.24. The van der Waals surface area contributed by atoms with E-state index in [1.807, 2.05) is 156 Å². The monoisotopic (exact) mass is 1760 g/mol. The number of hydrogen-bond acceptors (Lipinski definition) is 16. The second-order valence-corrected chi connectivity index (χ2v) is 36.4. The minimum absolute atomic E-state index is 0.0406. The lowest BCUT2D eigenvalue weighted by Crippen LogP contribution is -2.42. The van der Waals surface area contributed by atoms with Crippen LogP contribution < -0.4 is 18.9 Å². The molecule has 0 aromatic heterocycles. The van der Waals surface area contributed by atoms with Crippen molar-refractivity contribution >= 4 is 23.9 Å². The first-order chi connectivity index (χ1) is 61.2. The zero-order valence-corrected chi connectivity index (χ0v) is 77.5. The number of ether oxygens (including phenoxy) is 4. The van der Waals surface area contributed by atoms with Crippen LogP contribution in [-0.4, -0.2) is 112 Å². The summed E-state index contributed by atoms with van der Waals surface area (Å²) in [5, 5.41) is 136. The van der Waals surface area contributed by atoms with Crippen molar-refractivity contribution in [3.05, 3.63) is 346 Å². The maximum absolute atomic E-state index is 13.2. The Morgan fingerprint density at radius 3 is 0.477 bits per heavy atom. The molecule has 0 bridgehead atoms. The van der Waals surface area contributed by atoms with Crippen molar-refractivity contribution < 1.29 is 99.4 Å². The predicted octanol–water partition coefficient (Wildman–Crippen LogP) is 21.9. The van der Waals surface area contributed by atoms with Gasteiger partial charge in [0, 0.05) is 56.8 Å². The lowest BCUT2D eigenvalue weighted by Gasteiger charge is -2.49. The second-order valence-electron chi connectivity index (χ2n) is 36.4. The van der Waals surface area contributed by atoms with Crippen molar-refractivity contribution in [2.24, 2.45) is 0 Å². The molecule has 0 atom stereocenters. The van der Waals surface area contributed by atoms with E-state index < -0.39 is 84.8 Å². The van der Waals surface area contributed by atoms with Crippen LogP contribution in [0, 0.1) is 138 Å². The number of phenolic OH excluding ortho intramolecular Hbond substituents is 8. The van der Waals surface area contributed by atoms with E-state index in [2.05, 4.69) is 24.3 Å². The molecule has 1 fully saturated rings. The number of carboxylic acids is 4. The standard InChI is InChI=1S/C110H116O20/c1-53-37-89(111)61(9)29-77(53)101(78-30-62(10)90(112)38-54(78)2)85-45-73(25-69(17)105(85)127-49-97(119)120)109(74-26-70(18)106(128-50-98(121)122)86(46-74)102(79-31-63(11)91(113)39-55(79)3)80-32-64(12)92(114)40-56(80)4)21-23-110(24-22-109,75-27-71(19)107(129-51-99(123)124)87(47-75)103(81-33-65(13)93(115)41-57(81)5)82-34-66(14)94(116)42-58(82)6)76-28-72(20)108(130-52-100(125)126)88(48-76)104(83-35-67(15)95(117)43-59(83)7)84-36-68(16)96(118)44-60(84)8/h25-48,101-104,111-118H,21-24,49-52H2,1-20H3,(H,119,120)(H,121,122)(H,123,124)(H,125,126). The third-order valence-corrected chi connectivity index (χ3v) is 27.1. The summed E-state index contributed by atoms with van der Waals surface area (Å²) >= 11 is 0. The largest absolute Gasteiger partial charge is 0.508 e. The Kier molecular flexibility index (Phi) is 26.5. The van der Waals surface area contributed by atoms with E-state index in [1.54, 1.807) is 104 Å². The SMILES string of the molecule is Cc1cc(C(c2cc(C)c(O)cc2C)c2cc(C3(c4cc(C)c(OCC(=O)O)c(C(c5cc(C)c(O)cc5C)c5cc(C)c(O)cc5C)c4)CCC(c4cc(C)c(OCC(=O)O)c(C(c5cc(C)c(O)cc5C)c5cc(C)c(O)cc5C)c4)(c4cc(C)c(OCC(=O)O)c(C(c5cc(C)c(O)cc5C)c5cc(C)c(O)cc5C)c4)CC3)cc(C)c2OCC(=O)O)c(C)cc1O. The Bertz CT molecular complexity index is 5580. The third kappa shape index (κ3) is 18.1.